The van der Waals surface area contributed by atoms with E-state index in [1.165, 1.54) is 30.3 Å². The normalized spacial score (nSPS) is 11.1. The summed E-state index contributed by atoms with van der Waals surface area (Å²) in [6.45, 7) is 0. The van der Waals surface area contributed by atoms with Gasteiger partial charge in [-0.3, -0.25) is 4.79 Å². The van der Waals surface area contributed by atoms with Gasteiger partial charge < -0.3 is 4.74 Å². The Morgan fingerprint density at radius 2 is 1.75 bits per heavy atom. The van der Waals surface area contributed by atoms with Crippen molar-refractivity contribution < 1.29 is 17.9 Å². The molecule has 20 heavy (non-hydrogen) atoms. The van der Waals surface area contributed by atoms with Crippen molar-refractivity contribution in [2.24, 2.45) is 0 Å². The van der Waals surface area contributed by atoms with Crippen LogP contribution < -0.4 is 4.74 Å². The molecule has 6 heteroatoms. The van der Waals surface area contributed by atoms with E-state index in [4.69, 9.17) is 16.3 Å². The summed E-state index contributed by atoms with van der Waals surface area (Å²) in [5.41, 5.74) is 0.324. The molecule has 0 N–H and O–H groups in total. The zero-order valence-electron chi connectivity index (χ0n) is 10.5. The SMILES string of the molecule is CS(=O)(=O)c1ccc(Oc2ccc(Cl)cc2C=O)cc1. The molecule has 0 radical (unpaired) electrons. The van der Waals surface area contributed by atoms with Crippen LogP contribution in [-0.4, -0.2) is 21.0 Å². The van der Waals surface area contributed by atoms with Gasteiger partial charge in [0.15, 0.2) is 16.1 Å². The van der Waals surface area contributed by atoms with Crippen LogP contribution in [0.25, 0.3) is 0 Å². The van der Waals surface area contributed by atoms with Crippen LogP contribution in [0.2, 0.25) is 5.02 Å². The number of aldehydes is 1. The van der Waals surface area contributed by atoms with Gasteiger partial charge in [0.2, 0.25) is 0 Å². The van der Waals surface area contributed by atoms with Crippen LogP contribution in [0.3, 0.4) is 0 Å². The molecule has 0 amide bonds. The summed E-state index contributed by atoms with van der Waals surface area (Å²) in [7, 11) is -3.24. The van der Waals surface area contributed by atoms with E-state index < -0.39 is 9.84 Å². The van der Waals surface area contributed by atoms with Crippen molar-refractivity contribution in [2.75, 3.05) is 6.26 Å². The van der Waals surface area contributed by atoms with E-state index in [1.807, 2.05) is 0 Å². The number of hydrogen-bond donors (Lipinski definition) is 0. The lowest BCUT2D eigenvalue weighted by Crippen LogP contribution is -1.96. The van der Waals surface area contributed by atoms with Crippen LogP contribution in [0, 0.1) is 0 Å². The van der Waals surface area contributed by atoms with E-state index in [1.54, 1.807) is 12.1 Å². The number of benzene rings is 2. The van der Waals surface area contributed by atoms with Crippen molar-refractivity contribution in [3.8, 4) is 11.5 Å². The van der Waals surface area contributed by atoms with Gasteiger partial charge in [-0.2, -0.15) is 0 Å². The summed E-state index contributed by atoms with van der Waals surface area (Å²) in [6.07, 6.45) is 1.78. The second-order valence-corrected chi connectivity index (χ2v) is 6.60. The van der Waals surface area contributed by atoms with Crippen LogP contribution in [-0.2, 0) is 9.84 Å². The predicted molar refractivity (Wildman–Crippen MR) is 76.5 cm³/mol. The summed E-state index contributed by atoms with van der Waals surface area (Å²) in [5.74, 6) is 0.791. The highest BCUT2D eigenvalue weighted by Crippen LogP contribution is 2.27. The molecule has 0 unspecified atom stereocenters. The van der Waals surface area contributed by atoms with Crippen LogP contribution in [0.5, 0.6) is 11.5 Å². The fourth-order valence-corrected chi connectivity index (χ4v) is 2.40. The van der Waals surface area contributed by atoms with Gasteiger partial charge in [0.25, 0.3) is 0 Å². The Labute approximate surface area is 121 Å². The van der Waals surface area contributed by atoms with Gasteiger partial charge in [0.05, 0.1) is 10.5 Å². The molecule has 0 bridgehead atoms. The molecule has 2 rings (SSSR count). The molecule has 0 aliphatic carbocycles. The van der Waals surface area contributed by atoms with E-state index in [-0.39, 0.29) is 4.90 Å². The van der Waals surface area contributed by atoms with Crippen molar-refractivity contribution in [2.45, 2.75) is 4.90 Å². The summed E-state index contributed by atoms with van der Waals surface area (Å²) in [5, 5.41) is 0.437. The summed E-state index contributed by atoms with van der Waals surface area (Å²) < 4.78 is 28.2. The molecule has 0 heterocycles. The summed E-state index contributed by atoms with van der Waals surface area (Å²) in [6, 6.07) is 10.6. The number of rotatable bonds is 4. The molecule has 0 atom stereocenters. The van der Waals surface area contributed by atoms with Gasteiger partial charge in [0.1, 0.15) is 11.5 Å². The first-order valence-corrected chi connectivity index (χ1v) is 7.90. The van der Waals surface area contributed by atoms with Crippen molar-refractivity contribution in [3.63, 3.8) is 0 Å². The third-order valence-corrected chi connectivity index (χ3v) is 3.94. The molecule has 0 saturated heterocycles. The Morgan fingerprint density at radius 1 is 1.10 bits per heavy atom. The van der Waals surface area contributed by atoms with Crippen LogP contribution in [0.15, 0.2) is 47.4 Å². The standard InChI is InChI=1S/C14H11ClO4S/c1-20(17,18)13-5-3-12(4-6-13)19-14-7-2-11(15)8-10(14)9-16/h2-9H,1H3. The fraction of sp³-hybridized carbons (Fsp3) is 0.0714. The van der Waals surface area contributed by atoms with Gasteiger partial charge in [0, 0.05) is 11.3 Å². The van der Waals surface area contributed by atoms with Gasteiger partial charge in [-0.15, -0.1) is 0 Å². The Bertz CT molecular complexity index is 736. The Kier molecular flexibility index (Phi) is 4.11. The van der Waals surface area contributed by atoms with Crippen LogP contribution in [0.1, 0.15) is 10.4 Å². The molecular formula is C14H11ClO4S. The number of ether oxygens (including phenoxy) is 1. The first-order valence-electron chi connectivity index (χ1n) is 5.63. The van der Waals surface area contributed by atoms with Gasteiger partial charge in [-0.25, -0.2) is 8.42 Å². The molecule has 4 nitrogen and oxygen atoms in total. The molecule has 0 aliphatic rings. The molecule has 0 aliphatic heterocycles. The van der Waals surface area contributed by atoms with E-state index >= 15 is 0 Å². The lowest BCUT2D eigenvalue weighted by molar-refractivity contribution is 0.112. The van der Waals surface area contributed by atoms with Crippen LogP contribution in [0.4, 0.5) is 0 Å². The molecule has 0 fully saturated rings. The van der Waals surface area contributed by atoms with Gasteiger partial charge >= 0.3 is 0 Å². The quantitative estimate of drug-likeness (QED) is 0.813. The van der Waals surface area contributed by atoms with E-state index in [9.17, 15) is 13.2 Å². The lowest BCUT2D eigenvalue weighted by Gasteiger charge is -2.08. The minimum atomic E-state index is -3.24. The lowest BCUT2D eigenvalue weighted by atomic mass is 10.2. The average Bonchev–Trinajstić information content (AvgIpc) is 2.40. The first-order chi connectivity index (χ1) is 9.40. The number of carbonyl (C=O) groups is 1. The number of hydrogen-bond acceptors (Lipinski definition) is 4. The molecule has 0 spiro atoms. The summed E-state index contributed by atoms with van der Waals surface area (Å²) >= 11 is 5.79. The predicted octanol–water partition coefficient (Wildman–Crippen LogP) is 3.35. The Morgan fingerprint density at radius 3 is 2.30 bits per heavy atom. The number of halogens is 1. The molecule has 2 aromatic carbocycles. The first kappa shape index (κ1) is 14.6. The largest absolute Gasteiger partial charge is 0.457 e. The number of sulfone groups is 1. The van der Waals surface area contributed by atoms with E-state index in [0.717, 1.165) is 6.26 Å². The van der Waals surface area contributed by atoms with Crippen molar-refractivity contribution in [1.29, 1.82) is 0 Å². The molecular weight excluding hydrogens is 300 g/mol. The molecule has 104 valence electrons. The van der Waals surface area contributed by atoms with E-state index in [0.29, 0.717) is 28.4 Å². The van der Waals surface area contributed by atoms with Gasteiger partial charge in [-0.05, 0) is 42.5 Å². The third kappa shape index (κ3) is 3.37. The minimum Gasteiger partial charge on any atom is -0.457 e. The highest BCUT2D eigenvalue weighted by molar-refractivity contribution is 7.90. The Hall–Kier alpha value is -1.85. The highest BCUT2D eigenvalue weighted by atomic mass is 35.5. The molecule has 0 aromatic heterocycles. The zero-order valence-corrected chi connectivity index (χ0v) is 12.1. The maximum atomic E-state index is 11.3. The second-order valence-electron chi connectivity index (χ2n) is 4.15. The number of carbonyl (C=O) groups excluding carboxylic acids is 1. The third-order valence-electron chi connectivity index (χ3n) is 2.58. The van der Waals surface area contributed by atoms with Crippen molar-refractivity contribution in [1.82, 2.24) is 0 Å². The maximum Gasteiger partial charge on any atom is 0.175 e. The second kappa shape index (κ2) is 5.64. The monoisotopic (exact) mass is 310 g/mol. The molecule has 0 saturated carbocycles. The average molecular weight is 311 g/mol. The smallest absolute Gasteiger partial charge is 0.175 e. The van der Waals surface area contributed by atoms with Crippen molar-refractivity contribution in [3.05, 3.63) is 53.1 Å². The maximum absolute atomic E-state index is 11.3. The van der Waals surface area contributed by atoms with Crippen LogP contribution >= 0.6 is 11.6 Å². The minimum absolute atomic E-state index is 0.205. The zero-order chi connectivity index (χ0) is 14.8. The van der Waals surface area contributed by atoms with E-state index in [2.05, 4.69) is 0 Å². The highest BCUT2D eigenvalue weighted by Gasteiger charge is 2.08. The van der Waals surface area contributed by atoms with Gasteiger partial charge in [-0.1, -0.05) is 11.6 Å². The molecule has 2 aromatic rings. The topological polar surface area (TPSA) is 60.4 Å². The summed E-state index contributed by atoms with van der Waals surface area (Å²) in [4.78, 5) is 11.1. The Balaban J connectivity index is 2.29. The van der Waals surface area contributed by atoms with Crippen molar-refractivity contribution >= 4 is 27.7 Å². The fourth-order valence-electron chi connectivity index (χ4n) is 1.59.